The SMILES string of the molecule is CCC(C)(CC)NCC(C)C#N. The minimum atomic E-state index is 0.113. The van der Waals surface area contributed by atoms with Gasteiger partial charge in [0.25, 0.3) is 0 Å². The summed E-state index contributed by atoms with van der Waals surface area (Å²) in [7, 11) is 0. The van der Waals surface area contributed by atoms with Crippen molar-refractivity contribution >= 4 is 0 Å². The van der Waals surface area contributed by atoms with E-state index in [0.29, 0.717) is 0 Å². The lowest BCUT2D eigenvalue weighted by molar-refractivity contribution is 0.322. The van der Waals surface area contributed by atoms with Crippen molar-refractivity contribution in [1.29, 1.82) is 5.26 Å². The Balaban J connectivity index is 3.82. The van der Waals surface area contributed by atoms with Crippen molar-refractivity contribution in [3.8, 4) is 6.07 Å². The molecule has 1 N–H and O–H groups in total. The van der Waals surface area contributed by atoms with Crippen molar-refractivity contribution in [1.82, 2.24) is 5.32 Å². The van der Waals surface area contributed by atoms with Crippen LogP contribution >= 0.6 is 0 Å². The first kappa shape index (κ1) is 11.4. The Labute approximate surface area is 76.0 Å². The zero-order valence-electron chi connectivity index (χ0n) is 8.65. The van der Waals surface area contributed by atoms with Crippen molar-refractivity contribution in [2.24, 2.45) is 5.92 Å². The summed E-state index contributed by atoms with van der Waals surface area (Å²) in [5.74, 6) is 0.113. The summed E-state index contributed by atoms with van der Waals surface area (Å²) < 4.78 is 0. The second-order valence-corrected chi connectivity index (χ2v) is 3.68. The Morgan fingerprint density at radius 1 is 1.42 bits per heavy atom. The van der Waals surface area contributed by atoms with Crippen LogP contribution in [0, 0.1) is 17.2 Å². The number of nitriles is 1. The lowest BCUT2D eigenvalue weighted by Crippen LogP contribution is -2.43. The highest BCUT2D eigenvalue weighted by atomic mass is 15.0. The molecular formula is C10H20N2. The molecule has 2 nitrogen and oxygen atoms in total. The van der Waals surface area contributed by atoms with E-state index >= 15 is 0 Å². The highest BCUT2D eigenvalue weighted by Gasteiger charge is 2.18. The van der Waals surface area contributed by atoms with Gasteiger partial charge in [-0.3, -0.25) is 0 Å². The lowest BCUT2D eigenvalue weighted by Gasteiger charge is -2.28. The number of hydrogen-bond acceptors (Lipinski definition) is 2. The molecule has 0 aromatic rings. The molecule has 1 unspecified atom stereocenters. The molecule has 0 aliphatic carbocycles. The average Bonchev–Trinajstić information content (AvgIpc) is 2.13. The van der Waals surface area contributed by atoms with Gasteiger partial charge in [0.05, 0.1) is 12.0 Å². The van der Waals surface area contributed by atoms with Crippen molar-refractivity contribution in [2.45, 2.75) is 46.1 Å². The van der Waals surface area contributed by atoms with Crippen molar-refractivity contribution in [2.75, 3.05) is 6.54 Å². The Hall–Kier alpha value is -0.550. The van der Waals surface area contributed by atoms with Crippen LogP contribution in [0.3, 0.4) is 0 Å². The number of rotatable bonds is 5. The molecule has 0 amide bonds. The zero-order chi connectivity index (χ0) is 9.61. The number of nitrogens with zero attached hydrogens (tertiary/aromatic N) is 1. The Morgan fingerprint density at radius 3 is 2.25 bits per heavy atom. The summed E-state index contributed by atoms with van der Waals surface area (Å²) in [5.41, 5.74) is 0.213. The number of hydrogen-bond donors (Lipinski definition) is 1. The van der Waals surface area contributed by atoms with Gasteiger partial charge in [0.2, 0.25) is 0 Å². The predicted octanol–water partition coefficient (Wildman–Crippen LogP) is 2.31. The minimum Gasteiger partial charge on any atom is -0.310 e. The molecule has 0 fully saturated rings. The van der Waals surface area contributed by atoms with E-state index < -0.39 is 0 Å². The maximum Gasteiger partial charge on any atom is 0.0666 e. The van der Waals surface area contributed by atoms with Crippen LogP contribution in [-0.4, -0.2) is 12.1 Å². The first-order valence-electron chi connectivity index (χ1n) is 4.72. The highest BCUT2D eigenvalue weighted by molar-refractivity contribution is 4.86. The van der Waals surface area contributed by atoms with Crippen molar-refractivity contribution < 1.29 is 0 Å². The molecule has 0 aromatic heterocycles. The third-order valence-electron chi connectivity index (χ3n) is 2.62. The maximum absolute atomic E-state index is 8.59. The number of nitrogens with one attached hydrogen (secondary N) is 1. The van der Waals surface area contributed by atoms with Crippen LogP contribution in [0.25, 0.3) is 0 Å². The van der Waals surface area contributed by atoms with E-state index in [-0.39, 0.29) is 11.5 Å². The van der Waals surface area contributed by atoms with E-state index in [1.54, 1.807) is 0 Å². The molecule has 0 heterocycles. The van der Waals surface area contributed by atoms with Gasteiger partial charge in [-0.1, -0.05) is 13.8 Å². The molecule has 0 saturated carbocycles. The molecule has 0 aromatic carbocycles. The van der Waals surface area contributed by atoms with E-state index in [4.69, 9.17) is 5.26 Å². The molecule has 0 rings (SSSR count). The molecule has 0 aliphatic rings. The summed E-state index contributed by atoms with van der Waals surface area (Å²) >= 11 is 0. The van der Waals surface area contributed by atoms with Crippen molar-refractivity contribution in [3.05, 3.63) is 0 Å². The van der Waals surface area contributed by atoms with Crippen LogP contribution < -0.4 is 5.32 Å². The normalized spacial score (nSPS) is 13.9. The predicted molar refractivity (Wildman–Crippen MR) is 51.8 cm³/mol. The molecule has 2 heteroatoms. The molecule has 1 atom stereocenters. The van der Waals surface area contributed by atoms with E-state index in [9.17, 15) is 0 Å². The minimum absolute atomic E-state index is 0.113. The maximum atomic E-state index is 8.59. The molecule has 70 valence electrons. The molecule has 0 bridgehead atoms. The van der Waals surface area contributed by atoms with Gasteiger partial charge in [-0.2, -0.15) is 5.26 Å². The molecular weight excluding hydrogens is 148 g/mol. The first-order chi connectivity index (χ1) is 5.58. The Morgan fingerprint density at radius 2 is 1.92 bits per heavy atom. The van der Waals surface area contributed by atoms with E-state index in [1.165, 1.54) is 0 Å². The second kappa shape index (κ2) is 5.16. The summed E-state index contributed by atoms with van der Waals surface area (Å²) in [5, 5.41) is 12.0. The van der Waals surface area contributed by atoms with Crippen LogP contribution in [-0.2, 0) is 0 Å². The molecule has 0 saturated heterocycles. The quantitative estimate of drug-likeness (QED) is 0.683. The summed E-state index contributed by atoms with van der Waals surface area (Å²) in [6, 6.07) is 2.22. The van der Waals surface area contributed by atoms with Crippen LogP contribution in [0.1, 0.15) is 40.5 Å². The van der Waals surface area contributed by atoms with Gasteiger partial charge in [0.15, 0.2) is 0 Å². The molecule has 0 spiro atoms. The van der Waals surface area contributed by atoms with Crippen molar-refractivity contribution in [3.63, 3.8) is 0 Å². The molecule has 0 radical (unpaired) electrons. The highest BCUT2D eigenvalue weighted by Crippen LogP contribution is 2.13. The molecule has 0 aliphatic heterocycles. The fourth-order valence-electron chi connectivity index (χ4n) is 0.945. The van der Waals surface area contributed by atoms with Gasteiger partial charge in [-0.15, -0.1) is 0 Å². The van der Waals surface area contributed by atoms with E-state index in [2.05, 4.69) is 32.2 Å². The summed E-state index contributed by atoms with van der Waals surface area (Å²) in [6.45, 7) is 9.30. The largest absolute Gasteiger partial charge is 0.310 e. The van der Waals surface area contributed by atoms with Crippen LogP contribution in [0.5, 0.6) is 0 Å². The van der Waals surface area contributed by atoms with Gasteiger partial charge < -0.3 is 5.32 Å². The fraction of sp³-hybridized carbons (Fsp3) is 0.900. The summed E-state index contributed by atoms with van der Waals surface area (Å²) in [6.07, 6.45) is 2.23. The Bertz CT molecular complexity index is 154. The zero-order valence-corrected chi connectivity index (χ0v) is 8.65. The third kappa shape index (κ3) is 3.73. The van der Waals surface area contributed by atoms with Crippen LogP contribution in [0.15, 0.2) is 0 Å². The topological polar surface area (TPSA) is 35.8 Å². The van der Waals surface area contributed by atoms with Gasteiger partial charge in [-0.25, -0.2) is 0 Å². The van der Waals surface area contributed by atoms with Crippen LogP contribution in [0.2, 0.25) is 0 Å². The molecule has 12 heavy (non-hydrogen) atoms. The van der Waals surface area contributed by atoms with Gasteiger partial charge in [0.1, 0.15) is 0 Å². The third-order valence-corrected chi connectivity index (χ3v) is 2.62. The van der Waals surface area contributed by atoms with Crippen LogP contribution in [0.4, 0.5) is 0 Å². The monoisotopic (exact) mass is 168 g/mol. The summed E-state index contributed by atoms with van der Waals surface area (Å²) in [4.78, 5) is 0. The van der Waals surface area contributed by atoms with Gasteiger partial charge in [-0.05, 0) is 26.7 Å². The fourth-order valence-corrected chi connectivity index (χ4v) is 0.945. The average molecular weight is 168 g/mol. The van der Waals surface area contributed by atoms with Gasteiger partial charge >= 0.3 is 0 Å². The Kier molecular flexibility index (Phi) is 4.92. The van der Waals surface area contributed by atoms with E-state index in [1.807, 2.05) is 6.92 Å². The smallest absolute Gasteiger partial charge is 0.0666 e. The standard InChI is InChI=1S/C10H20N2/c1-5-10(4,6-2)12-8-9(3)7-11/h9,12H,5-6,8H2,1-4H3. The van der Waals surface area contributed by atoms with E-state index in [0.717, 1.165) is 19.4 Å². The first-order valence-corrected chi connectivity index (χ1v) is 4.72. The second-order valence-electron chi connectivity index (χ2n) is 3.68. The van der Waals surface area contributed by atoms with Gasteiger partial charge in [0, 0.05) is 12.1 Å². The lowest BCUT2D eigenvalue weighted by atomic mass is 9.95.